The summed E-state index contributed by atoms with van der Waals surface area (Å²) in [5, 5.41) is 2.82. The largest absolute Gasteiger partial charge is 0.350 e. The van der Waals surface area contributed by atoms with Gasteiger partial charge >= 0.3 is 0 Å². The first-order chi connectivity index (χ1) is 10.5. The highest BCUT2D eigenvalue weighted by molar-refractivity contribution is 5.93. The van der Waals surface area contributed by atoms with Crippen LogP contribution in [0.2, 0.25) is 0 Å². The van der Waals surface area contributed by atoms with Crippen molar-refractivity contribution in [1.82, 2.24) is 15.2 Å². The summed E-state index contributed by atoms with van der Waals surface area (Å²) in [4.78, 5) is 27.4. The number of halogens is 1. The Balaban J connectivity index is 2.06. The number of hydrogen-bond acceptors (Lipinski definition) is 3. The number of nitrogens with one attached hydrogen (secondary N) is 2. The fourth-order valence-corrected chi connectivity index (χ4v) is 2.13. The third-order valence-corrected chi connectivity index (χ3v) is 3.38. The Morgan fingerprint density at radius 1 is 1.23 bits per heavy atom. The van der Waals surface area contributed by atoms with Crippen LogP contribution in [-0.2, 0) is 0 Å². The minimum absolute atomic E-state index is 0.0766. The van der Waals surface area contributed by atoms with Gasteiger partial charge in [-0.15, -0.1) is 0 Å². The molecule has 1 atom stereocenters. The first-order valence-corrected chi connectivity index (χ1v) is 6.86. The van der Waals surface area contributed by atoms with Gasteiger partial charge in [-0.05, 0) is 37.9 Å². The average Bonchev–Trinajstić information content (AvgIpc) is 2.49. The van der Waals surface area contributed by atoms with Gasteiger partial charge in [-0.2, -0.15) is 0 Å². The molecule has 5 nitrogen and oxygen atoms in total. The minimum atomic E-state index is -0.293. The van der Waals surface area contributed by atoms with Gasteiger partial charge in [0.1, 0.15) is 5.82 Å². The summed E-state index contributed by atoms with van der Waals surface area (Å²) in [7, 11) is 3.78. The number of pyridine rings is 1. The summed E-state index contributed by atoms with van der Waals surface area (Å²) in [6.45, 7) is 0.372. The van der Waals surface area contributed by atoms with Crippen molar-refractivity contribution < 1.29 is 9.18 Å². The Kier molecular flexibility index (Phi) is 5.06. The van der Waals surface area contributed by atoms with E-state index < -0.39 is 0 Å². The van der Waals surface area contributed by atoms with Crippen LogP contribution in [0.1, 0.15) is 22.0 Å². The maximum absolute atomic E-state index is 13.0. The lowest BCUT2D eigenvalue weighted by molar-refractivity contribution is 0.0941. The standard InChI is InChI=1S/C16H18FN3O2/c1-20(2)14(11-3-6-13(17)7-4-11)10-19-16(22)12-5-8-15(21)18-9-12/h3-9,14H,10H2,1-2H3,(H,18,21)(H,19,22)/t14-/m1/s1. The number of carbonyl (C=O) groups is 1. The Labute approximate surface area is 127 Å². The van der Waals surface area contributed by atoms with Crippen molar-refractivity contribution >= 4 is 5.91 Å². The molecular weight excluding hydrogens is 285 g/mol. The molecule has 1 heterocycles. The number of H-pyrrole nitrogens is 1. The van der Waals surface area contributed by atoms with Crippen molar-refractivity contribution in [1.29, 1.82) is 0 Å². The van der Waals surface area contributed by atoms with E-state index in [1.807, 2.05) is 19.0 Å². The Morgan fingerprint density at radius 3 is 2.45 bits per heavy atom. The smallest absolute Gasteiger partial charge is 0.252 e. The van der Waals surface area contributed by atoms with Crippen molar-refractivity contribution in [2.24, 2.45) is 0 Å². The predicted molar refractivity (Wildman–Crippen MR) is 82.2 cm³/mol. The number of carbonyl (C=O) groups excluding carboxylic acids is 1. The Morgan fingerprint density at radius 2 is 1.91 bits per heavy atom. The SMILES string of the molecule is CN(C)[C@H](CNC(=O)c1ccc(=O)[nH]c1)c1ccc(F)cc1. The van der Waals surface area contributed by atoms with E-state index in [0.717, 1.165) is 5.56 Å². The topological polar surface area (TPSA) is 65.2 Å². The third kappa shape index (κ3) is 4.02. The molecular formula is C16H18FN3O2. The molecule has 0 bridgehead atoms. The second-order valence-corrected chi connectivity index (χ2v) is 5.18. The minimum Gasteiger partial charge on any atom is -0.350 e. The number of rotatable bonds is 5. The van der Waals surface area contributed by atoms with Crippen LogP contribution in [0, 0.1) is 5.82 Å². The van der Waals surface area contributed by atoms with Crippen LogP contribution < -0.4 is 10.9 Å². The number of aromatic amines is 1. The van der Waals surface area contributed by atoms with Crippen LogP contribution in [0.25, 0.3) is 0 Å². The molecule has 0 aliphatic carbocycles. The van der Waals surface area contributed by atoms with E-state index in [2.05, 4.69) is 10.3 Å². The van der Waals surface area contributed by atoms with Crippen LogP contribution in [0.15, 0.2) is 47.4 Å². The monoisotopic (exact) mass is 303 g/mol. The molecule has 1 aromatic heterocycles. The predicted octanol–water partition coefficient (Wildman–Crippen LogP) is 1.55. The summed E-state index contributed by atoms with van der Waals surface area (Å²) in [6.07, 6.45) is 1.38. The molecule has 2 aromatic rings. The maximum Gasteiger partial charge on any atom is 0.252 e. The fourth-order valence-electron chi connectivity index (χ4n) is 2.13. The summed E-state index contributed by atoms with van der Waals surface area (Å²) in [5.74, 6) is -0.566. The van der Waals surface area contributed by atoms with Crippen molar-refractivity contribution in [3.63, 3.8) is 0 Å². The third-order valence-electron chi connectivity index (χ3n) is 3.38. The second kappa shape index (κ2) is 7.00. The maximum atomic E-state index is 13.0. The highest BCUT2D eigenvalue weighted by Crippen LogP contribution is 2.17. The van der Waals surface area contributed by atoms with E-state index in [-0.39, 0.29) is 23.3 Å². The molecule has 2 N–H and O–H groups in total. The first-order valence-electron chi connectivity index (χ1n) is 6.86. The molecule has 0 saturated heterocycles. The lowest BCUT2D eigenvalue weighted by atomic mass is 10.1. The molecule has 0 spiro atoms. The van der Waals surface area contributed by atoms with Crippen LogP contribution >= 0.6 is 0 Å². The van der Waals surface area contributed by atoms with Crippen LogP contribution in [0.3, 0.4) is 0 Å². The Bertz CT molecular complexity index is 675. The molecule has 1 aromatic carbocycles. The highest BCUT2D eigenvalue weighted by Gasteiger charge is 2.16. The lowest BCUT2D eigenvalue weighted by Gasteiger charge is -2.25. The number of benzene rings is 1. The molecule has 6 heteroatoms. The van der Waals surface area contributed by atoms with Gasteiger partial charge in [0, 0.05) is 18.8 Å². The number of likely N-dealkylation sites (N-methyl/N-ethyl adjacent to an activating group) is 1. The molecule has 22 heavy (non-hydrogen) atoms. The molecule has 0 unspecified atom stereocenters. The van der Waals surface area contributed by atoms with E-state index in [1.165, 1.54) is 30.5 Å². The van der Waals surface area contributed by atoms with Gasteiger partial charge < -0.3 is 15.2 Å². The van der Waals surface area contributed by atoms with Gasteiger partial charge in [0.25, 0.3) is 5.91 Å². The van der Waals surface area contributed by atoms with Crippen LogP contribution in [0.5, 0.6) is 0 Å². The molecule has 0 radical (unpaired) electrons. The summed E-state index contributed by atoms with van der Waals surface area (Å²) < 4.78 is 13.0. The van der Waals surface area contributed by atoms with Gasteiger partial charge in [-0.3, -0.25) is 9.59 Å². The number of amides is 1. The molecule has 0 aliphatic rings. The van der Waals surface area contributed by atoms with Gasteiger partial charge in [-0.1, -0.05) is 12.1 Å². The molecule has 1 amide bonds. The zero-order valence-electron chi connectivity index (χ0n) is 12.5. The van der Waals surface area contributed by atoms with Gasteiger partial charge in [0.05, 0.1) is 11.6 Å². The van der Waals surface area contributed by atoms with Crippen molar-refractivity contribution in [2.75, 3.05) is 20.6 Å². The van der Waals surface area contributed by atoms with Gasteiger partial charge in [0.15, 0.2) is 0 Å². The average molecular weight is 303 g/mol. The molecule has 0 aliphatic heterocycles. The Hall–Kier alpha value is -2.47. The number of hydrogen-bond donors (Lipinski definition) is 2. The van der Waals surface area contributed by atoms with E-state index >= 15 is 0 Å². The highest BCUT2D eigenvalue weighted by atomic mass is 19.1. The zero-order valence-corrected chi connectivity index (χ0v) is 12.5. The molecule has 0 saturated carbocycles. The summed E-state index contributed by atoms with van der Waals surface area (Å²) in [5.41, 5.74) is 1.04. The van der Waals surface area contributed by atoms with E-state index in [9.17, 15) is 14.0 Å². The van der Waals surface area contributed by atoms with E-state index in [4.69, 9.17) is 0 Å². The lowest BCUT2D eigenvalue weighted by Crippen LogP contribution is -2.34. The van der Waals surface area contributed by atoms with E-state index in [0.29, 0.717) is 12.1 Å². The fraction of sp³-hybridized carbons (Fsp3) is 0.250. The van der Waals surface area contributed by atoms with Gasteiger partial charge in [0.2, 0.25) is 5.56 Å². The zero-order chi connectivity index (χ0) is 16.1. The quantitative estimate of drug-likeness (QED) is 0.881. The first kappa shape index (κ1) is 15.9. The molecule has 2 rings (SSSR count). The van der Waals surface area contributed by atoms with E-state index in [1.54, 1.807) is 12.1 Å². The summed E-state index contributed by atoms with van der Waals surface area (Å²) in [6, 6.07) is 8.89. The van der Waals surface area contributed by atoms with Gasteiger partial charge in [-0.25, -0.2) is 4.39 Å². The normalized spacial score (nSPS) is 12.2. The second-order valence-electron chi connectivity index (χ2n) is 5.18. The van der Waals surface area contributed by atoms with Crippen molar-refractivity contribution in [3.8, 4) is 0 Å². The summed E-state index contributed by atoms with van der Waals surface area (Å²) >= 11 is 0. The van der Waals surface area contributed by atoms with Crippen LogP contribution in [-0.4, -0.2) is 36.4 Å². The number of aromatic nitrogens is 1. The molecule has 116 valence electrons. The number of nitrogens with zero attached hydrogens (tertiary/aromatic N) is 1. The van der Waals surface area contributed by atoms with Crippen molar-refractivity contribution in [2.45, 2.75) is 6.04 Å². The van der Waals surface area contributed by atoms with Crippen molar-refractivity contribution in [3.05, 3.63) is 69.9 Å². The molecule has 0 fully saturated rings. The van der Waals surface area contributed by atoms with Crippen LogP contribution in [0.4, 0.5) is 4.39 Å².